The van der Waals surface area contributed by atoms with Crippen LogP contribution in [0.15, 0.2) is 24.3 Å². The molecule has 23 heavy (non-hydrogen) atoms. The average molecular weight is 329 g/mol. The van der Waals surface area contributed by atoms with Crippen molar-refractivity contribution in [2.45, 2.75) is 20.0 Å². The van der Waals surface area contributed by atoms with Crippen molar-refractivity contribution in [1.29, 1.82) is 0 Å². The lowest BCUT2D eigenvalue weighted by Gasteiger charge is -2.19. The van der Waals surface area contributed by atoms with Crippen LogP contribution in [-0.4, -0.2) is 40.8 Å². The highest BCUT2D eigenvalue weighted by Gasteiger charge is 2.15. The molecular weight excluding hydrogens is 306 g/mol. The van der Waals surface area contributed by atoms with Gasteiger partial charge in [-0.3, -0.25) is 0 Å². The van der Waals surface area contributed by atoms with Crippen LogP contribution in [0.3, 0.4) is 0 Å². The van der Waals surface area contributed by atoms with E-state index in [-0.39, 0.29) is 0 Å². The quantitative estimate of drug-likeness (QED) is 0.721. The van der Waals surface area contributed by atoms with Crippen molar-refractivity contribution in [3.8, 4) is 0 Å². The number of anilines is 1. The molecule has 0 aliphatic heterocycles. The summed E-state index contributed by atoms with van der Waals surface area (Å²) in [6, 6.07) is 8.62. The number of aryl methyl sites for hydroxylation is 2. The first kappa shape index (κ1) is 16.0. The fourth-order valence-electron chi connectivity index (χ4n) is 2.77. The van der Waals surface area contributed by atoms with Crippen LogP contribution in [0.25, 0.3) is 10.3 Å². The van der Waals surface area contributed by atoms with Gasteiger partial charge >= 0.3 is 0 Å². The van der Waals surface area contributed by atoms with Crippen LogP contribution in [0, 0.1) is 6.92 Å². The summed E-state index contributed by atoms with van der Waals surface area (Å²) in [6.45, 7) is 3.85. The first-order valence-electron chi connectivity index (χ1n) is 7.68. The van der Waals surface area contributed by atoms with Gasteiger partial charge in [0, 0.05) is 27.2 Å². The summed E-state index contributed by atoms with van der Waals surface area (Å²) < 4.78 is 3.04. The second kappa shape index (κ2) is 6.29. The highest BCUT2D eigenvalue weighted by molar-refractivity contribution is 7.22. The minimum absolute atomic E-state index is 0.857. The predicted molar refractivity (Wildman–Crippen MR) is 97.1 cm³/mol. The summed E-state index contributed by atoms with van der Waals surface area (Å²) in [7, 11) is 8.26. The van der Waals surface area contributed by atoms with Gasteiger partial charge in [0.15, 0.2) is 10.8 Å². The number of thiazole rings is 1. The standard InChI is InChI=1S/C17H23N5S/c1-12-15-16(22(5)19-12)18-17(23-15)21(4)11-14-9-7-6-8-13(14)10-20(2)3/h6-9H,10-11H2,1-5H3. The Bertz CT molecular complexity index is 783. The van der Waals surface area contributed by atoms with E-state index in [1.165, 1.54) is 15.8 Å². The molecule has 1 aromatic carbocycles. The van der Waals surface area contributed by atoms with Crippen molar-refractivity contribution in [3.05, 3.63) is 41.1 Å². The third kappa shape index (κ3) is 3.23. The van der Waals surface area contributed by atoms with Crippen LogP contribution in [0.4, 0.5) is 5.13 Å². The van der Waals surface area contributed by atoms with Gasteiger partial charge in [-0.1, -0.05) is 35.6 Å². The predicted octanol–water partition coefficient (Wildman–Crippen LogP) is 3.04. The zero-order valence-electron chi connectivity index (χ0n) is 14.4. The SMILES string of the molecule is Cc1nn(C)c2nc(N(C)Cc3ccccc3CN(C)C)sc12. The topological polar surface area (TPSA) is 37.2 Å². The molecule has 0 amide bonds. The maximum atomic E-state index is 4.75. The van der Waals surface area contributed by atoms with E-state index in [1.807, 2.05) is 18.7 Å². The summed E-state index contributed by atoms with van der Waals surface area (Å²) in [5.41, 5.74) is 4.73. The van der Waals surface area contributed by atoms with E-state index in [0.717, 1.165) is 29.6 Å². The molecule has 5 nitrogen and oxygen atoms in total. The maximum Gasteiger partial charge on any atom is 0.188 e. The van der Waals surface area contributed by atoms with E-state index in [1.54, 1.807) is 11.3 Å². The van der Waals surface area contributed by atoms with E-state index >= 15 is 0 Å². The first-order chi connectivity index (χ1) is 11.0. The Kier molecular flexibility index (Phi) is 4.37. The monoisotopic (exact) mass is 329 g/mol. The van der Waals surface area contributed by atoms with Gasteiger partial charge in [-0.15, -0.1) is 0 Å². The van der Waals surface area contributed by atoms with Gasteiger partial charge < -0.3 is 9.80 Å². The number of hydrogen-bond acceptors (Lipinski definition) is 5. The fourth-order valence-corrected chi connectivity index (χ4v) is 3.76. The van der Waals surface area contributed by atoms with Gasteiger partial charge in [0.1, 0.15) is 0 Å². The summed E-state index contributed by atoms with van der Waals surface area (Å²) in [5, 5.41) is 5.46. The largest absolute Gasteiger partial charge is 0.347 e. The van der Waals surface area contributed by atoms with Crippen LogP contribution in [0.2, 0.25) is 0 Å². The number of hydrogen-bond donors (Lipinski definition) is 0. The Morgan fingerprint density at radius 3 is 2.35 bits per heavy atom. The lowest BCUT2D eigenvalue weighted by molar-refractivity contribution is 0.401. The molecule has 0 N–H and O–H groups in total. The molecule has 0 bridgehead atoms. The van der Waals surface area contributed by atoms with Gasteiger partial charge in [0.05, 0.1) is 10.4 Å². The van der Waals surface area contributed by atoms with Crippen LogP contribution >= 0.6 is 11.3 Å². The number of benzene rings is 1. The Balaban J connectivity index is 1.86. The normalized spacial score (nSPS) is 11.6. The molecule has 6 heteroatoms. The zero-order valence-corrected chi connectivity index (χ0v) is 15.2. The van der Waals surface area contributed by atoms with E-state index in [2.05, 4.69) is 60.3 Å². The van der Waals surface area contributed by atoms with Crippen LogP contribution < -0.4 is 4.90 Å². The maximum absolute atomic E-state index is 4.75. The van der Waals surface area contributed by atoms with Crippen LogP contribution in [-0.2, 0) is 20.1 Å². The Hall–Kier alpha value is -1.92. The second-order valence-corrected chi connectivity index (χ2v) is 7.20. The summed E-state index contributed by atoms with van der Waals surface area (Å²) in [5.74, 6) is 0. The van der Waals surface area contributed by atoms with E-state index in [9.17, 15) is 0 Å². The van der Waals surface area contributed by atoms with E-state index in [4.69, 9.17) is 4.98 Å². The van der Waals surface area contributed by atoms with Crippen molar-refractivity contribution in [2.75, 3.05) is 26.0 Å². The third-order valence-corrected chi connectivity index (χ3v) is 5.14. The molecule has 0 radical (unpaired) electrons. The lowest BCUT2D eigenvalue weighted by atomic mass is 10.1. The number of rotatable bonds is 5. The van der Waals surface area contributed by atoms with Crippen molar-refractivity contribution >= 4 is 26.8 Å². The summed E-state index contributed by atoms with van der Waals surface area (Å²) in [6.07, 6.45) is 0. The second-order valence-electron chi connectivity index (χ2n) is 6.22. The van der Waals surface area contributed by atoms with E-state index in [0.29, 0.717) is 0 Å². The van der Waals surface area contributed by atoms with Gasteiger partial charge in [-0.05, 0) is 32.1 Å². The van der Waals surface area contributed by atoms with E-state index < -0.39 is 0 Å². The first-order valence-corrected chi connectivity index (χ1v) is 8.50. The Labute approximate surface area is 141 Å². The number of nitrogens with zero attached hydrogens (tertiary/aromatic N) is 5. The van der Waals surface area contributed by atoms with Crippen LogP contribution in [0.1, 0.15) is 16.8 Å². The van der Waals surface area contributed by atoms with Crippen molar-refractivity contribution < 1.29 is 0 Å². The molecule has 0 saturated carbocycles. The molecule has 122 valence electrons. The highest BCUT2D eigenvalue weighted by atomic mass is 32.1. The molecule has 0 unspecified atom stereocenters. The third-order valence-electron chi connectivity index (χ3n) is 3.87. The molecule has 0 aliphatic carbocycles. The van der Waals surface area contributed by atoms with Crippen LogP contribution in [0.5, 0.6) is 0 Å². The molecule has 0 atom stereocenters. The minimum atomic E-state index is 0.857. The number of fused-ring (bicyclic) bond motifs is 1. The molecule has 3 rings (SSSR count). The molecule has 0 spiro atoms. The molecule has 2 aromatic heterocycles. The van der Waals surface area contributed by atoms with Crippen molar-refractivity contribution in [2.24, 2.45) is 7.05 Å². The van der Waals surface area contributed by atoms with Crippen molar-refractivity contribution in [3.63, 3.8) is 0 Å². The number of aromatic nitrogens is 3. The smallest absolute Gasteiger partial charge is 0.188 e. The summed E-state index contributed by atoms with van der Waals surface area (Å²) in [4.78, 5) is 9.18. The minimum Gasteiger partial charge on any atom is -0.347 e. The molecule has 0 fully saturated rings. The highest BCUT2D eigenvalue weighted by Crippen LogP contribution is 2.31. The zero-order chi connectivity index (χ0) is 16.6. The molecule has 0 aliphatic rings. The summed E-state index contributed by atoms with van der Waals surface area (Å²) >= 11 is 1.71. The average Bonchev–Trinajstić information content (AvgIpc) is 3.03. The molecule has 2 heterocycles. The molecular formula is C17H23N5S. The molecule has 3 aromatic rings. The van der Waals surface area contributed by atoms with Gasteiger partial charge in [0.25, 0.3) is 0 Å². The lowest BCUT2D eigenvalue weighted by Crippen LogP contribution is -2.19. The Morgan fingerprint density at radius 1 is 1.09 bits per heavy atom. The Morgan fingerprint density at radius 2 is 1.74 bits per heavy atom. The fraction of sp³-hybridized carbons (Fsp3) is 0.412. The molecule has 0 saturated heterocycles. The van der Waals surface area contributed by atoms with Gasteiger partial charge in [0.2, 0.25) is 0 Å². The van der Waals surface area contributed by atoms with Gasteiger partial charge in [-0.2, -0.15) is 5.10 Å². The van der Waals surface area contributed by atoms with Crippen molar-refractivity contribution in [1.82, 2.24) is 19.7 Å². The van der Waals surface area contributed by atoms with Gasteiger partial charge in [-0.25, -0.2) is 9.67 Å².